The first-order chi connectivity index (χ1) is 11.3. The Kier molecular flexibility index (Phi) is 5.89. The zero-order valence-electron chi connectivity index (χ0n) is 13.4. The van der Waals surface area contributed by atoms with E-state index in [0.29, 0.717) is 37.4 Å². The van der Waals surface area contributed by atoms with Gasteiger partial charge in [0.15, 0.2) is 9.84 Å². The number of rotatable bonds is 6. The summed E-state index contributed by atoms with van der Waals surface area (Å²) in [6.07, 6.45) is -0.0870. The van der Waals surface area contributed by atoms with Crippen LogP contribution in [-0.4, -0.2) is 56.2 Å². The van der Waals surface area contributed by atoms with Crippen LogP contribution < -0.4 is 0 Å². The highest BCUT2D eigenvalue weighted by molar-refractivity contribution is 7.90. The van der Waals surface area contributed by atoms with Gasteiger partial charge < -0.3 is 9.64 Å². The van der Waals surface area contributed by atoms with Crippen molar-refractivity contribution in [2.45, 2.75) is 19.1 Å². The van der Waals surface area contributed by atoms with Crippen LogP contribution in [0.2, 0.25) is 0 Å². The minimum Gasteiger partial charge on any atom is -0.378 e. The van der Waals surface area contributed by atoms with Gasteiger partial charge in [0.2, 0.25) is 5.91 Å². The number of hydrogen-bond acceptors (Lipinski definition) is 6. The molecule has 2 rings (SSSR count). The monoisotopic (exact) mass is 356 g/mol. The number of benzene rings is 1. The minimum atomic E-state index is -3.53. The third kappa shape index (κ3) is 4.75. The Morgan fingerprint density at radius 1 is 1.33 bits per heavy atom. The summed E-state index contributed by atoms with van der Waals surface area (Å²) in [6, 6.07) is 4.37. The Balaban J connectivity index is 2.00. The van der Waals surface area contributed by atoms with Crippen molar-refractivity contribution < 1.29 is 22.9 Å². The predicted molar refractivity (Wildman–Crippen MR) is 87.3 cm³/mol. The fraction of sp³-hybridized carbons (Fsp3) is 0.533. The van der Waals surface area contributed by atoms with Crippen LogP contribution in [0.3, 0.4) is 0 Å². The molecule has 1 aromatic rings. The quantitative estimate of drug-likeness (QED) is 0.557. The molecule has 1 aliphatic rings. The second-order valence-corrected chi connectivity index (χ2v) is 7.84. The number of amides is 1. The summed E-state index contributed by atoms with van der Waals surface area (Å²) >= 11 is 0. The number of carbonyl (C=O) groups excluding carboxylic acids is 1. The molecule has 0 aliphatic carbocycles. The number of carbonyl (C=O) groups is 1. The molecule has 1 aromatic carbocycles. The predicted octanol–water partition coefficient (Wildman–Crippen LogP) is 1.07. The minimum absolute atomic E-state index is 0.0870. The van der Waals surface area contributed by atoms with Gasteiger partial charge in [-0.1, -0.05) is 12.1 Å². The van der Waals surface area contributed by atoms with Crippen molar-refractivity contribution in [1.82, 2.24) is 4.90 Å². The summed E-state index contributed by atoms with van der Waals surface area (Å²) in [5.41, 5.74) is 0.626. The summed E-state index contributed by atoms with van der Waals surface area (Å²) in [6.45, 7) is 3.41. The van der Waals surface area contributed by atoms with Gasteiger partial charge in [-0.05, 0) is 12.5 Å². The molecule has 1 heterocycles. The molecule has 9 heteroatoms. The maximum atomic E-state index is 12.3. The molecule has 0 unspecified atom stereocenters. The van der Waals surface area contributed by atoms with Crippen molar-refractivity contribution in [3.05, 3.63) is 39.4 Å². The van der Waals surface area contributed by atoms with Crippen LogP contribution in [0.25, 0.3) is 0 Å². The van der Waals surface area contributed by atoms with Crippen LogP contribution in [0.15, 0.2) is 18.2 Å². The first-order valence-electron chi connectivity index (χ1n) is 7.59. The lowest BCUT2D eigenvalue weighted by atomic mass is 10.1. The summed E-state index contributed by atoms with van der Waals surface area (Å²) < 4.78 is 29.7. The third-order valence-corrected chi connectivity index (χ3v) is 5.56. The fourth-order valence-corrected chi connectivity index (χ4v) is 3.96. The molecule has 24 heavy (non-hydrogen) atoms. The van der Waals surface area contributed by atoms with Crippen molar-refractivity contribution in [3.63, 3.8) is 0 Å². The number of nitro groups is 1. The molecule has 132 valence electrons. The number of nitro benzene ring substituents is 1. The summed E-state index contributed by atoms with van der Waals surface area (Å²) in [5.74, 6) is -0.792. The third-order valence-electron chi connectivity index (χ3n) is 3.98. The zero-order chi connectivity index (χ0) is 17.7. The Hall–Kier alpha value is -2.00. The number of sulfone groups is 1. The van der Waals surface area contributed by atoms with E-state index in [-0.39, 0.29) is 29.5 Å². The van der Waals surface area contributed by atoms with E-state index in [2.05, 4.69) is 0 Å². The molecule has 0 radical (unpaired) electrons. The van der Waals surface area contributed by atoms with Crippen LogP contribution in [0, 0.1) is 17.0 Å². The lowest BCUT2D eigenvalue weighted by molar-refractivity contribution is -0.385. The topological polar surface area (TPSA) is 107 Å². The van der Waals surface area contributed by atoms with E-state index in [9.17, 15) is 23.3 Å². The average Bonchev–Trinajstić information content (AvgIpc) is 2.55. The van der Waals surface area contributed by atoms with Crippen molar-refractivity contribution in [2.75, 3.05) is 32.1 Å². The molecule has 0 bridgehead atoms. The molecule has 8 nitrogen and oxygen atoms in total. The fourth-order valence-electron chi connectivity index (χ4n) is 2.55. The maximum Gasteiger partial charge on any atom is 0.272 e. The summed E-state index contributed by atoms with van der Waals surface area (Å²) in [5, 5.41) is 10.9. The Labute approximate surface area is 140 Å². The van der Waals surface area contributed by atoms with E-state index in [1.54, 1.807) is 11.0 Å². The number of ether oxygens (including phenoxy) is 1. The van der Waals surface area contributed by atoms with Gasteiger partial charge in [0.1, 0.15) is 0 Å². The first-order valence-corrected chi connectivity index (χ1v) is 9.41. The smallest absolute Gasteiger partial charge is 0.272 e. The van der Waals surface area contributed by atoms with Crippen LogP contribution in [0.5, 0.6) is 0 Å². The lowest BCUT2D eigenvalue weighted by Gasteiger charge is -2.26. The van der Waals surface area contributed by atoms with Gasteiger partial charge in [0.05, 0.1) is 29.6 Å². The largest absolute Gasteiger partial charge is 0.378 e. The second kappa shape index (κ2) is 7.71. The van der Waals surface area contributed by atoms with Crippen molar-refractivity contribution in [3.8, 4) is 0 Å². The van der Waals surface area contributed by atoms with Crippen LogP contribution in [0.4, 0.5) is 5.69 Å². The number of morpholine rings is 1. The Morgan fingerprint density at radius 3 is 2.62 bits per heavy atom. The van der Waals surface area contributed by atoms with Crippen molar-refractivity contribution in [1.29, 1.82) is 0 Å². The van der Waals surface area contributed by atoms with Crippen molar-refractivity contribution in [2.24, 2.45) is 0 Å². The second-order valence-electron chi connectivity index (χ2n) is 5.65. The van der Waals surface area contributed by atoms with E-state index in [0.717, 1.165) is 0 Å². The first kappa shape index (κ1) is 18.3. The zero-order valence-corrected chi connectivity index (χ0v) is 14.3. The highest BCUT2D eigenvalue weighted by Gasteiger charge is 2.22. The normalized spacial score (nSPS) is 15.3. The van der Waals surface area contributed by atoms with Gasteiger partial charge in [-0.3, -0.25) is 14.9 Å². The highest BCUT2D eigenvalue weighted by Crippen LogP contribution is 2.23. The number of hydrogen-bond donors (Lipinski definition) is 0. The molecule has 1 saturated heterocycles. The van der Waals surface area contributed by atoms with Crippen molar-refractivity contribution >= 4 is 21.4 Å². The molecular formula is C15H20N2O6S. The van der Waals surface area contributed by atoms with Crippen LogP contribution in [0.1, 0.15) is 17.5 Å². The molecular weight excluding hydrogens is 336 g/mol. The Morgan fingerprint density at radius 2 is 2.00 bits per heavy atom. The molecule has 0 aromatic heterocycles. The maximum absolute atomic E-state index is 12.3. The van der Waals surface area contributed by atoms with Gasteiger partial charge in [-0.2, -0.15) is 0 Å². The summed E-state index contributed by atoms with van der Waals surface area (Å²) in [4.78, 5) is 24.0. The lowest BCUT2D eigenvalue weighted by Crippen LogP contribution is -2.41. The average molecular weight is 356 g/mol. The van der Waals surface area contributed by atoms with E-state index in [1.165, 1.54) is 19.1 Å². The molecule has 0 spiro atoms. The molecule has 0 atom stereocenters. The summed E-state index contributed by atoms with van der Waals surface area (Å²) in [7, 11) is -3.53. The van der Waals surface area contributed by atoms with Crippen LogP contribution >= 0.6 is 0 Å². The van der Waals surface area contributed by atoms with Gasteiger partial charge in [0, 0.05) is 31.1 Å². The van der Waals surface area contributed by atoms with E-state index in [4.69, 9.17) is 4.74 Å². The molecule has 0 N–H and O–H groups in total. The number of nitrogens with zero attached hydrogens (tertiary/aromatic N) is 2. The molecule has 1 fully saturated rings. The van der Waals surface area contributed by atoms with E-state index in [1.807, 2.05) is 0 Å². The van der Waals surface area contributed by atoms with Gasteiger partial charge in [0.25, 0.3) is 5.69 Å². The Bertz CT molecular complexity index is 725. The SMILES string of the molecule is Cc1c(CS(=O)(=O)CCC(=O)N2CCOCC2)cccc1[N+](=O)[O-]. The van der Waals surface area contributed by atoms with Crippen LogP contribution in [-0.2, 0) is 25.1 Å². The van der Waals surface area contributed by atoms with Gasteiger partial charge >= 0.3 is 0 Å². The van der Waals surface area contributed by atoms with Gasteiger partial charge in [-0.15, -0.1) is 0 Å². The molecule has 0 saturated carbocycles. The molecule has 1 amide bonds. The van der Waals surface area contributed by atoms with E-state index < -0.39 is 14.8 Å². The highest BCUT2D eigenvalue weighted by atomic mass is 32.2. The van der Waals surface area contributed by atoms with Gasteiger partial charge in [-0.25, -0.2) is 8.42 Å². The van der Waals surface area contributed by atoms with E-state index >= 15 is 0 Å². The standard InChI is InChI=1S/C15H20N2O6S/c1-12-13(3-2-4-14(12)17(19)20)11-24(21,22)10-5-15(18)16-6-8-23-9-7-16/h2-4H,5-11H2,1H3. The molecule has 1 aliphatic heterocycles.